The monoisotopic (exact) mass is 554 g/mol. The van der Waals surface area contributed by atoms with E-state index in [0.717, 1.165) is 36.7 Å². The summed E-state index contributed by atoms with van der Waals surface area (Å²) in [5, 5.41) is 0. The highest BCUT2D eigenvalue weighted by Crippen LogP contribution is 2.40. The second-order valence-corrected chi connectivity index (χ2v) is 13.1. The van der Waals surface area contributed by atoms with E-state index in [9.17, 15) is 4.39 Å². The van der Waals surface area contributed by atoms with Crippen molar-refractivity contribution in [1.29, 1.82) is 0 Å². The van der Waals surface area contributed by atoms with Crippen LogP contribution in [0.25, 0.3) is 5.57 Å². The second kappa shape index (κ2) is 19.6. The van der Waals surface area contributed by atoms with Crippen molar-refractivity contribution in [3.05, 3.63) is 53.1 Å². The molecule has 1 aromatic rings. The highest BCUT2D eigenvalue weighted by Gasteiger charge is 2.27. The van der Waals surface area contributed by atoms with Crippen LogP contribution < -0.4 is 0 Å². The topological polar surface area (TPSA) is 0 Å². The molecule has 0 amide bonds. The van der Waals surface area contributed by atoms with Crippen molar-refractivity contribution in [3.8, 4) is 0 Å². The molecule has 1 saturated carbocycles. The number of hydrogen-bond acceptors (Lipinski definition) is 0. The van der Waals surface area contributed by atoms with Crippen molar-refractivity contribution in [2.24, 2.45) is 17.8 Å². The van der Waals surface area contributed by atoms with Crippen LogP contribution in [0, 0.1) is 29.4 Å². The zero-order valence-corrected chi connectivity index (χ0v) is 26.1. The summed E-state index contributed by atoms with van der Waals surface area (Å²) >= 11 is 0. The Kier molecular flexibility index (Phi) is 16.2. The SMILES string of the molecule is CCCCCCCCCCc1ccc(C2=CCC(C3CCC(CCCCCCCCCC)CC3)C=C2)c(F)c1F. The van der Waals surface area contributed by atoms with Crippen molar-refractivity contribution in [2.75, 3.05) is 0 Å². The molecule has 40 heavy (non-hydrogen) atoms. The molecular weight excluding hydrogens is 494 g/mol. The number of halogens is 2. The Morgan fingerprint density at radius 2 is 1.23 bits per heavy atom. The summed E-state index contributed by atoms with van der Waals surface area (Å²) in [4.78, 5) is 0. The normalized spacial score (nSPS) is 21.1. The molecule has 226 valence electrons. The number of hydrogen-bond donors (Lipinski definition) is 0. The quantitative estimate of drug-likeness (QED) is 0.141. The summed E-state index contributed by atoms with van der Waals surface area (Å²) in [7, 11) is 0. The molecule has 1 unspecified atom stereocenters. The first-order chi connectivity index (χ1) is 19.6. The van der Waals surface area contributed by atoms with Crippen LogP contribution in [0.5, 0.6) is 0 Å². The van der Waals surface area contributed by atoms with E-state index in [1.807, 2.05) is 12.1 Å². The molecule has 0 heterocycles. The maximum Gasteiger partial charge on any atom is 0.166 e. The molecule has 1 atom stereocenters. The van der Waals surface area contributed by atoms with Crippen molar-refractivity contribution in [1.82, 2.24) is 0 Å². The molecule has 2 heteroatoms. The Labute approximate surface area is 246 Å². The molecule has 2 aliphatic rings. The van der Waals surface area contributed by atoms with Crippen LogP contribution in [0.15, 0.2) is 30.4 Å². The van der Waals surface area contributed by atoms with Gasteiger partial charge in [-0.15, -0.1) is 0 Å². The zero-order valence-electron chi connectivity index (χ0n) is 26.1. The molecule has 1 aromatic carbocycles. The van der Waals surface area contributed by atoms with E-state index < -0.39 is 11.6 Å². The Morgan fingerprint density at radius 1 is 0.650 bits per heavy atom. The third-order valence-electron chi connectivity index (χ3n) is 9.87. The van der Waals surface area contributed by atoms with Gasteiger partial charge in [0.2, 0.25) is 0 Å². The largest absolute Gasteiger partial charge is 0.203 e. The summed E-state index contributed by atoms with van der Waals surface area (Å²) in [6.45, 7) is 4.52. The zero-order chi connectivity index (χ0) is 28.4. The Bertz CT molecular complexity index is 874. The fraction of sp³-hybridized carbons (Fsp3) is 0.737. The fourth-order valence-corrected chi connectivity index (χ4v) is 7.11. The van der Waals surface area contributed by atoms with Crippen LogP contribution >= 0.6 is 0 Å². The molecule has 0 bridgehead atoms. The van der Waals surface area contributed by atoms with Crippen LogP contribution in [0.3, 0.4) is 0 Å². The van der Waals surface area contributed by atoms with E-state index in [4.69, 9.17) is 0 Å². The Hall–Kier alpha value is -1.44. The van der Waals surface area contributed by atoms with E-state index in [1.54, 1.807) is 0 Å². The predicted molar refractivity (Wildman–Crippen MR) is 171 cm³/mol. The summed E-state index contributed by atoms with van der Waals surface area (Å²) in [6, 6.07) is 3.63. The molecule has 0 spiro atoms. The summed E-state index contributed by atoms with van der Waals surface area (Å²) in [5.74, 6) is 0.942. The van der Waals surface area contributed by atoms with Crippen molar-refractivity contribution in [3.63, 3.8) is 0 Å². The lowest BCUT2D eigenvalue weighted by Gasteiger charge is -2.33. The maximum absolute atomic E-state index is 15.1. The van der Waals surface area contributed by atoms with E-state index in [1.165, 1.54) is 122 Å². The number of allylic oxidation sites excluding steroid dienone is 4. The van der Waals surface area contributed by atoms with Gasteiger partial charge in [0.05, 0.1) is 0 Å². The summed E-state index contributed by atoms with van der Waals surface area (Å²) < 4.78 is 30.0. The lowest BCUT2D eigenvalue weighted by molar-refractivity contribution is 0.218. The van der Waals surface area contributed by atoms with Gasteiger partial charge in [-0.2, -0.15) is 0 Å². The van der Waals surface area contributed by atoms with Gasteiger partial charge < -0.3 is 0 Å². The highest BCUT2D eigenvalue weighted by atomic mass is 19.2. The summed E-state index contributed by atoms with van der Waals surface area (Å²) in [5.41, 5.74) is 1.82. The number of rotatable bonds is 20. The fourth-order valence-electron chi connectivity index (χ4n) is 7.11. The van der Waals surface area contributed by atoms with Crippen LogP contribution in [0.1, 0.15) is 166 Å². The van der Waals surface area contributed by atoms with E-state index >= 15 is 4.39 Å². The molecule has 0 nitrogen and oxygen atoms in total. The smallest absolute Gasteiger partial charge is 0.166 e. The summed E-state index contributed by atoms with van der Waals surface area (Å²) in [6.07, 6.45) is 35.9. The van der Waals surface area contributed by atoms with Gasteiger partial charge >= 0.3 is 0 Å². The molecule has 3 rings (SSSR count). The lowest BCUT2D eigenvalue weighted by atomic mass is 9.72. The first kappa shape index (κ1) is 33.1. The maximum atomic E-state index is 15.1. The first-order valence-corrected chi connectivity index (χ1v) is 17.5. The van der Waals surface area contributed by atoms with Gasteiger partial charge in [0.25, 0.3) is 0 Å². The van der Waals surface area contributed by atoms with Gasteiger partial charge in [-0.05, 0) is 61.0 Å². The van der Waals surface area contributed by atoms with Crippen molar-refractivity contribution < 1.29 is 8.78 Å². The molecule has 0 aromatic heterocycles. The standard InChI is InChI=1S/C38H60F2/c1-3-5-7-9-11-13-15-17-19-31-21-23-32(24-22-31)33-25-27-34(28-26-33)36-30-29-35(37(39)38(36)40)20-18-16-14-12-10-8-6-4-2/h25,27-33H,3-24,26H2,1-2H3. The van der Waals surface area contributed by atoms with E-state index in [-0.39, 0.29) is 0 Å². The van der Waals surface area contributed by atoms with Gasteiger partial charge in [-0.25, -0.2) is 8.78 Å². The van der Waals surface area contributed by atoms with Crippen molar-refractivity contribution in [2.45, 2.75) is 162 Å². The second-order valence-electron chi connectivity index (χ2n) is 13.1. The number of unbranched alkanes of at least 4 members (excludes halogenated alkanes) is 14. The van der Waals surface area contributed by atoms with Gasteiger partial charge in [0.1, 0.15) is 0 Å². The van der Waals surface area contributed by atoms with Gasteiger partial charge in [-0.1, -0.05) is 160 Å². The van der Waals surface area contributed by atoms with Crippen LogP contribution in [-0.2, 0) is 6.42 Å². The Morgan fingerprint density at radius 3 is 1.80 bits per heavy atom. The van der Waals surface area contributed by atoms with Gasteiger partial charge in [0, 0.05) is 5.56 Å². The predicted octanol–water partition coefficient (Wildman–Crippen LogP) is 12.9. The molecule has 2 aliphatic carbocycles. The minimum atomic E-state index is -0.659. The molecule has 0 radical (unpaired) electrons. The molecule has 0 saturated heterocycles. The highest BCUT2D eigenvalue weighted by molar-refractivity contribution is 5.75. The minimum Gasteiger partial charge on any atom is -0.203 e. The van der Waals surface area contributed by atoms with Gasteiger partial charge in [-0.3, -0.25) is 0 Å². The van der Waals surface area contributed by atoms with Crippen LogP contribution in [-0.4, -0.2) is 0 Å². The number of benzene rings is 1. The third kappa shape index (κ3) is 11.4. The Balaban J connectivity index is 1.34. The van der Waals surface area contributed by atoms with E-state index in [2.05, 4.69) is 32.1 Å². The molecular formula is C38H60F2. The minimum absolute atomic E-state index is 0.431. The van der Waals surface area contributed by atoms with Crippen LogP contribution in [0.2, 0.25) is 0 Å². The van der Waals surface area contributed by atoms with Crippen LogP contribution in [0.4, 0.5) is 8.78 Å². The third-order valence-corrected chi connectivity index (χ3v) is 9.87. The van der Waals surface area contributed by atoms with Gasteiger partial charge in [0.15, 0.2) is 11.6 Å². The molecule has 0 aliphatic heterocycles. The number of aryl methyl sites for hydroxylation is 1. The lowest BCUT2D eigenvalue weighted by Crippen LogP contribution is -2.21. The average Bonchev–Trinajstić information content (AvgIpc) is 2.98. The van der Waals surface area contributed by atoms with Crippen molar-refractivity contribution >= 4 is 5.57 Å². The molecule has 1 fully saturated rings. The van der Waals surface area contributed by atoms with E-state index in [0.29, 0.717) is 23.5 Å². The first-order valence-electron chi connectivity index (χ1n) is 17.5. The molecule has 0 N–H and O–H groups in total. The average molecular weight is 555 g/mol.